The molecule has 0 aromatic heterocycles. The van der Waals surface area contributed by atoms with Crippen LogP contribution in [-0.2, 0) is 26.2 Å². The molecule has 0 aliphatic heterocycles. The van der Waals surface area contributed by atoms with Gasteiger partial charge in [-0.05, 0) is 63.1 Å². The first-order chi connectivity index (χ1) is 15.8. The largest absolute Gasteiger partial charge is 0.495 e. The van der Waals surface area contributed by atoms with Crippen LogP contribution in [0.25, 0.3) is 0 Å². The van der Waals surface area contributed by atoms with Gasteiger partial charge >= 0.3 is 0 Å². The summed E-state index contributed by atoms with van der Waals surface area (Å²) in [6, 6.07) is 11.0. The molecule has 10 heteroatoms. The van der Waals surface area contributed by atoms with Gasteiger partial charge in [-0.15, -0.1) is 0 Å². The molecule has 8 nitrogen and oxygen atoms in total. The number of amides is 2. The molecule has 0 unspecified atom stereocenters. The fourth-order valence-corrected chi connectivity index (χ4v) is 4.33. The number of carbonyl (C=O) groups is 2. The average Bonchev–Trinajstić information content (AvgIpc) is 2.75. The predicted molar refractivity (Wildman–Crippen MR) is 135 cm³/mol. The monoisotopic (exact) mass is 509 g/mol. The lowest BCUT2D eigenvalue weighted by Crippen LogP contribution is -2.52. The molecule has 34 heavy (non-hydrogen) atoms. The van der Waals surface area contributed by atoms with Crippen molar-refractivity contribution in [3.05, 3.63) is 58.6 Å². The van der Waals surface area contributed by atoms with Gasteiger partial charge in [0, 0.05) is 17.6 Å². The summed E-state index contributed by atoms with van der Waals surface area (Å²) in [6.45, 7) is 6.69. The zero-order valence-corrected chi connectivity index (χ0v) is 21.9. The number of rotatable bonds is 10. The normalized spacial score (nSPS) is 12.2. The number of hydrogen-bond donors (Lipinski definition) is 1. The molecule has 0 heterocycles. The maximum Gasteiger partial charge on any atom is 0.244 e. The quantitative estimate of drug-likeness (QED) is 0.529. The van der Waals surface area contributed by atoms with Crippen LogP contribution in [-0.4, -0.2) is 57.1 Å². The van der Waals surface area contributed by atoms with Gasteiger partial charge < -0.3 is 15.0 Å². The van der Waals surface area contributed by atoms with E-state index in [9.17, 15) is 18.0 Å². The maximum atomic E-state index is 13.5. The Morgan fingerprint density at radius 2 is 1.71 bits per heavy atom. The van der Waals surface area contributed by atoms with Gasteiger partial charge in [-0.1, -0.05) is 29.8 Å². The van der Waals surface area contributed by atoms with Gasteiger partial charge in [0.05, 0.1) is 19.1 Å². The van der Waals surface area contributed by atoms with Gasteiger partial charge in [0.2, 0.25) is 21.8 Å². The van der Waals surface area contributed by atoms with E-state index in [1.807, 2.05) is 20.8 Å². The molecule has 186 valence electrons. The highest BCUT2D eigenvalue weighted by molar-refractivity contribution is 7.92. The second kappa shape index (κ2) is 11.6. The Bertz CT molecular complexity index is 1120. The van der Waals surface area contributed by atoms with Gasteiger partial charge in [-0.3, -0.25) is 13.9 Å². The van der Waals surface area contributed by atoms with E-state index in [-0.39, 0.29) is 24.2 Å². The van der Waals surface area contributed by atoms with Gasteiger partial charge in [-0.25, -0.2) is 8.42 Å². The molecule has 2 amide bonds. The van der Waals surface area contributed by atoms with E-state index in [0.29, 0.717) is 10.8 Å². The summed E-state index contributed by atoms with van der Waals surface area (Å²) in [7, 11) is -2.42. The number of anilines is 1. The lowest BCUT2D eigenvalue weighted by molar-refractivity contribution is -0.139. The van der Waals surface area contributed by atoms with Gasteiger partial charge in [0.1, 0.15) is 18.3 Å². The fraction of sp³-hybridized carbons (Fsp3) is 0.417. The molecule has 1 N–H and O–H groups in total. The first-order valence-corrected chi connectivity index (χ1v) is 13.0. The third-order valence-corrected chi connectivity index (χ3v) is 6.53. The van der Waals surface area contributed by atoms with E-state index in [1.54, 1.807) is 49.4 Å². The standard InChI is InChI=1S/C24H32ClN3O5S/c1-16(2)26-24(30)18(4)27(14-19-8-10-20(25)11-9-19)23(29)15-28(34(6,31)32)21-13-17(3)7-12-22(21)33-5/h7-13,16,18H,14-15H2,1-6H3,(H,26,30)/t18-/m0/s1. The Morgan fingerprint density at radius 3 is 2.24 bits per heavy atom. The first kappa shape index (κ1) is 27.5. The molecule has 0 saturated carbocycles. The lowest BCUT2D eigenvalue weighted by Gasteiger charge is -2.32. The number of nitrogens with zero attached hydrogens (tertiary/aromatic N) is 2. The van der Waals surface area contributed by atoms with E-state index in [0.717, 1.165) is 21.7 Å². The lowest BCUT2D eigenvalue weighted by atomic mass is 10.1. The molecule has 0 fully saturated rings. The number of sulfonamides is 1. The Kier molecular flexibility index (Phi) is 9.35. The Hall–Kier alpha value is -2.78. The van der Waals surface area contributed by atoms with Crippen molar-refractivity contribution < 1.29 is 22.7 Å². The number of benzene rings is 2. The van der Waals surface area contributed by atoms with Crippen molar-refractivity contribution in [1.82, 2.24) is 10.2 Å². The van der Waals surface area contributed by atoms with Crippen molar-refractivity contribution in [3.63, 3.8) is 0 Å². The maximum absolute atomic E-state index is 13.5. The Morgan fingerprint density at radius 1 is 1.09 bits per heavy atom. The summed E-state index contributed by atoms with van der Waals surface area (Å²) >= 11 is 5.98. The molecule has 0 bridgehead atoms. The Labute approximate surface area is 206 Å². The molecule has 1 atom stereocenters. The topological polar surface area (TPSA) is 96.0 Å². The van der Waals surface area contributed by atoms with E-state index in [2.05, 4.69) is 5.32 Å². The van der Waals surface area contributed by atoms with Crippen molar-refractivity contribution in [3.8, 4) is 5.75 Å². The van der Waals surface area contributed by atoms with Gasteiger partial charge in [0.15, 0.2) is 0 Å². The predicted octanol–water partition coefficient (Wildman–Crippen LogP) is 3.36. The van der Waals surface area contributed by atoms with Crippen LogP contribution < -0.4 is 14.4 Å². The smallest absolute Gasteiger partial charge is 0.244 e. The van der Waals surface area contributed by atoms with Crippen LogP contribution in [0, 0.1) is 6.92 Å². The molecule has 2 aromatic rings. The van der Waals surface area contributed by atoms with Crippen molar-refractivity contribution >= 4 is 39.1 Å². The van der Waals surface area contributed by atoms with E-state index >= 15 is 0 Å². The molecule has 0 aliphatic carbocycles. The second-order valence-corrected chi connectivity index (χ2v) is 10.8. The van der Waals surface area contributed by atoms with Crippen LogP contribution in [0.4, 0.5) is 5.69 Å². The average molecular weight is 510 g/mol. The molecular weight excluding hydrogens is 478 g/mol. The SMILES string of the molecule is COc1ccc(C)cc1N(CC(=O)N(Cc1ccc(Cl)cc1)[C@@H](C)C(=O)NC(C)C)S(C)(=O)=O. The molecule has 0 radical (unpaired) electrons. The molecule has 2 rings (SSSR count). The first-order valence-electron chi connectivity index (χ1n) is 10.8. The van der Waals surface area contributed by atoms with Crippen LogP contribution in [0.1, 0.15) is 31.9 Å². The number of ether oxygens (including phenoxy) is 1. The summed E-state index contributed by atoms with van der Waals surface area (Å²) in [4.78, 5) is 27.7. The number of methoxy groups -OCH3 is 1. The Balaban J connectivity index is 2.45. The number of carbonyl (C=O) groups excluding carboxylic acids is 2. The third kappa shape index (κ3) is 7.36. The third-order valence-electron chi connectivity index (χ3n) is 5.15. The van der Waals surface area contributed by atoms with E-state index < -0.39 is 28.5 Å². The van der Waals surface area contributed by atoms with Crippen molar-refractivity contribution in [2.24, 2.45) is 0 Å². The van der Waals surface area contributed by atoms with Gasteiger partial charge in [0.25, 0.3) is 0 Å². The van der Waals surface area contributed by atoms with E-state index in [4.69, 9.17) is 16.3 Å². The number of hydrogen-bond acceptors (Lipinski definition) is 5. The van der Waals surface area contributed by atoms with Gasteiger partial charge in [-0.2, -0.15) is 0 Å². The summed E-state index contributed by atoms with van der Waals surface area (Å²) in [5.74, 6) is -0.551. The minimum absolute atomic E-state index is 0.102. The summed E-state index contributed by atoms with van der Waals surface area (Å²) in [5.41, 5.74) is 1.81. The minimum Gasteiger partial charge on any atom is -0.495 e. The molecule has 2 aromatic carbocycles. The molecule has 0 saturated heterocycles. The molecule has 0 spiro atoms. The second-order valence-electron chi connectivity index (χ2n) is 8.43. The van der Waals surface area contributed by atoms with Crippen molar-refractivity contribution in [2.75, 3.05) is 24.2 Å². The zero-order valence-electron chi connectivity index (χ0n) is 20.3. The highest BCUT2D eigenvalue weighted by atomic mass is 35.5. The van der Waals surface area contributed by atoms with E-state index in [1.165, 1.54) is 12.0 Å². The van der Waals surface area contributed by atoms with Crippen LogP contribution in [0.3, 0.4) is 0 Å². The number of aryl methyl sites for hydroxylation is 1. The summed E-state index contributed by atoms with van der Waals surface area (Å²) < 4.78 is 31.8. The summed E-state index contributed by atoms with van der Waals surface area (Å²) in [5, 5.41) is 3.35. The van der Waals surface area contributed by atoms with Crippen LogP contribution in [0.15, 0.2) is 42.5 Å². The van der Waals surface area contributed by atoms with Crippen LogP contribution in [0.2, 0.25) is 5.02 Å². The highest BCUT2D eigenvalue weighted by Crippen LogP contribution is 2.31. The van der Waals surface area contributed by atoms with Crippen molar-refractivity contribution in [1.29, 1.82) is 0 Å². The highest BCUT2D eigenvalue weighted by Gasteiger charge is 2.31. The molecule has 0 aliphatic rings. The van der Waals surface area contributed by atoms with Crippen LogP contribution >= 0.6 is 11.6 Å². The van der Waals surface area contributed by atoms with Crippen molar-refractivity contribution in [2.45, 2.75) is 46.3 Å². The fourth-order valence-electron chi connectivity index (χ4n) is 3.36. The molecular formula is C24H32ClN3O5S. The van der Waals surface area contributed by atoms with Crippen LogP contribution in [0.5, 0.6) is 5.75 Å². The summed E-state index contributed by atoms with van der Waals surface area (Å²) in [6.07, 6.45) is 1.03. The number of halogens is 1. The minimum atomic E-state index is -3.85. The zero-order chi connectivity index (χ0) is 25.6. The number of nitrogens with one attached hydrogen (secondary N) is 1.